The van der Waals surface area contributed by atoms with Crippen LogP contribution in [-0.4, -0.2) is 37.8 Å². The summed E-state index contributed by atoms with van der Waals surface area (Å²) in [7, 11) is -9.78. The molecule has 2 amide bonds. The smallest absolute Gasteiger partial charge is 0.296 e. The minimum atomic E-state index is -4.93. The van der Waals surface area contributed by atoms with Gasteiger partial charge < -0.3 is 11.5 Å². The van der Waals surface area contributed by atoms with Crippen LogP contribution >= 0.6 is 0 Å². The van der Waals surface area contributed by atoms with E-state index in [0.29, 0.717) is 4.90 Å². The molecule has 1 aliphatic rings. The van der Waals surface area contributed by atoms with Gasteiger partial charge in [0.15, 0.2) is 0 Å². The van der Waals surface area contributed by atoms with Crippen LogP contribution in [0.25, 0.3) is 10.8 Å². The summed E-state index contributed by atoms with van der Waals surface area (Å²) in [6, 6.07) is 8.15. The van der Waals surface area contributed by atoms with Crippen LogP contribution in [-0.2, 0) is 20.2 Å². The molecule has 3 aromatic carbocycles. The van der Waals surface area contributed by atoms with Gasteiger partial charge in [0.05, 0.1) is 27.4 Å². The molecule has 4 rings (SSSR count). The van der Waals surface area contributed by atoms with Gasteiger partial charge in [0, 0.05) is 16.5 Å². The molecule has 0 radical (unpaired) electrons. The van der Waals surface area contributed by atoms with E-state index in [4.69, 9.17) is 11.5 Å². The van der Waals surface area contributed by atoms with Crippen LogP contribution in [0, 0.1) is 0 Å². The minimum Gasteiger partial charge on any atom is -0.399 e. The summed E-state index contributed by atoms with van der Waals surface area (Å²) >= 11 is 0. The van der Waals surface area contributed by atoms with E-state index in [1.54, 1.807) is 0 Å². The van der Waals surface area contributed by atoms with Crippen LogP contribution in [0.5, 0.6) is 0 Å². The van der Waals surface area contributed by atoms with Crippen molar-refractivity contribution >= 4 is 59.9 Å². The Labute approximate surface area is 175 Å². The number of carbonyl (C=O) groups is 2. The summed E-state index contributed by atoms with van der Waals surface area (Å²) in [5.41, 5.74) is 10.6. The summed E-state index contributed by atoms with van der Waals surface area (Å²) in [5, 5.41) is -0.434. The molecule has 0 unspecified atom stereocenters. The van der Waals surface area contributed by atoms with Gasteiger partial charge in [-0.25, -0.2) is 4.90 Å². The van der Waals surface area contributed by atoms with Crippen LogP contribution in [0.3, 0.4) is 0 Å². The van der Waals surface area contributed by atoms with Crippen molar-refractivity contribution in [2.24, 2.45) is 0 Å². The third kappa shape index (κ3) is 3.19. The molecule has 160 valence electrons. The molecule has 11 nitrogen and oxygen atoms in total. The van der Waals surface area contributed by atoms with Crippen molar-refractivity contribution in [3.8, 4) is 0 Å². The fourth-order valence-electron chi connectivity index (χ4n) is 3.46. The van der Waals surface area contributed by atoms with Crippen molar-refractivity contribution < 1.29 is 35.5 Å². The number of nitrogens with two attached hydrogens (primary N) is 2. The minimum absolute atomic E-state index is 0.0382. The standard InChI is InChI=1S/C18H13N3O8S2/c19-8-2-1-3-9(4-8)21-17(22)12-6-10(30(24,25)26)5-11-15(12)13(18(21)23)7-14(16(11)20)31(27,28)29/h1-7H,19-20H2,(H,24,25,26)(H,27,28,29). The monoisotopic (exact) mass is 463 g/mol. The molecule has 0 fully saturated rings. The van der Waals surface area contributed by atoms with Gasteiger partial charge in [0.1, 0.15) is 4.90 Å². The Hall–Kier alpha value is -3.52. The number of imide groups is 1. The predicted molar refractivity (Wildman–Crippen MR) is 110 cm³/mol. The number of rotatable bonds is 3. The van der Waals surface area contributed by atoms with E-state index < -0.39 is 47.5 Å². The van der Waals surface area contributed by atoms with Crippen molar-refractivity contribution in [2.75, 3.05) is 16.4 Å². The molecule has 13 heteroatoms. The molecule has 1 heterocycles. The summed E-state index contributed by atoms with van der Waals surface area (Å²) in [6.07, 6.45) is 0. The number of hydrogen-bond acceptors (Lipinski definition) is 8. The Morgan fingerprint density at radius 3 is 1.97 bits per heavy atom. The second-order valence-corrected chi connectivity index (χ2v) is 9.53. The largest absolute Gasteiger partial charge is 0.399 e. The lowest BCUT2D eigenvalue weighted by Gasteiger charge is -2.28. The number of carbonyl (C=O) groups excluding carboxylic acids is 2. The SMILES string of the molecule is Nc1cccc(N2C(=O)c3cc(S(=O)(=O)O)cc4c(N)c(S(=O)(=O)O)cc(c34)C2=O)c1. The normalized spacial score (nSPS) is 14.3. The van der Waals surface area contributed by atoms with Gasteiger partial charge in [-0.05, 0) is 36.4 Å². The molecule has 0 spiro atoms. The third-order valence-electron chi connectivity index (χ3n) is 4.78. The molecule has 0 aromatic heterocycles. The zero-order chi connectivity index (χ0) is 22.9. The van der Waals surface area contributed by atoms with E-state index in [0.717, 1.165) is 18.2 Å². The number of benzene rings is 3. The molecule has 0 atom stereocenters. The van der Waals surface area contributed by atoms with Gasteiger partial charge in [-0.3, -0.25) is 18.7 Å². The van der Waals surface area contributed by atoms with E-state index in [-0.39, 0.29) is 33.3 Å². The zero-order valence-electron chi connectivity index (χ0n) is 15.3. The molecule has 1 aliphatic heterocycles. The van der Waals surface area contributed by atoms with Crippen molar-refractivity contribution in [3.05, 3.63) is 53.6 Å². The van der Waals surface area contributed by atoms with Crippen LogP contribution in [0.15, 0.2) is 52.3 Å². The Morgan fingerprint density at radius 2 is 1.42 bits per heavy atom. The zero-order valence-corrected chi connectivity index (χ0v) is 16.9. The van der Waals surface area contributed by atoms with Gasteiger partial charge in [-0.2, -0.15) is 16.8 Å². The Balaban J connectivity index is 2.18. The first-order valence-electron chi connectivity index (χ1n) is 8.40. The molecule has 0 saturated heterocycles. The second kappa shape index (κ2) is 6.49. The van der Waals surface area contributed by atoms with Crippen molar-refractivity contribution in [1.29, 1.82) is 0 Å². The molecule has 0 saturated carbocycles. The summed E-state index contributed by atoms with van der Waals surface area (Å²) < 4.78 is 66.2. The fraction of sp³-hybridized carbons (Fsp3) is 0. The quantitative estimate of drug-likeness (QED) is 0.249. The number of hydrogen-bond donors (Lipinski definition) is 4. The lowest BCUT2D eigenvalue weighted by atomic mass is 9.92. The lowest BCUT2D eigenvalue weighted by molar-refractivity contribution is 0.0893. The summed E-state index contributed by atoms with van der Waals surface area (Å²) in [6.45, 7) is 0. The molecular weight excluding hydrogens is 450 g/mol. The first kappa shape index (κ1) is 20.7. The third-order valence-corrected chi connectivity index (χ3v) is 6.51. The lowest BCUT2D eigenvalue weighted by Crippen LogP contribution is -2.40. The van der Waals surface area contributed by atoms with Gasteiger partial charge in [-0.15, -0.1) is 0 Å². The Bertz CT molecular complexity index is 1520. The Kier molecular flexibility index (Phi) is 4.34. The summed E-state index contributed by atoms with van der Waals surface area (Å²) in [4.78, 5) is 25.4. The van der Waals surface area contributed by atoms with Gasteiger partial charge in [0.25, 0.3) is 32.1 Å². The van der Waals surface area contributed by atoms with Gasteiger partial charge in [-0.1, -0.05) is 6.07 Å². The van der Waals surface area contributed by atoms with Crippen LogP contribution in [0.4, 0.5) is 17.1 Å². The average Bonchev–Trinajstić information content (AvgIpc) is 2.65. The maximum Gasteiger partial charge on any atom is 0.296 e. The van der Waals surface area contributed by atoms with E-state index in [9.17, 15) is 35.5 Å². The predicted octanol–water partition coefficient (Wildman–Crippen LogP) is 1.30. The second-order valence-electron chi connectivity index (χ2n) is 6.72. The van der Waals surface area contributed by atoms with Gasteiger partial charge >= 0.3 is 0 Å². The molecule has 31 heavy (non-hydrogen) atoms. The van der Waals surface area contributed by atoms with E-state index in [1.165, 1.54) is 24.3 Å². The molecule has 6 N–H and O–H groups in total. The van der Waals surface area contributed by atoms with E-state index in [1.807, 2.05) is 0 Å². The maximum atomic E-state index is 13.2. The highest BCUT2D eigenvalue weighted by atomic mass is 32.2. The van der Waals surface area contributed by atoms with Gasteiger partial charge in [0.2, 0.25) is 0 Å². The first-order chi connectivity index (χ1) is 14.3. The highest BCUT2D eigenvalue weighted by molar-refractivity contribution is 7.86. The van der Waals surface area contributed by atoms with Crippen molar-refractivity contribution in [3.63, 3.8) is 0 Å². The molecule has 0 bridgehead atoms. The molecular formula is C18H13N3O8S2. The van der Waals surface area contributed by atoms with Crippen molar-refractivity contribution in [1.82, 2.24) is 0 Å². The first-order valence-corrected chi connectivity index (χ1v) is 11.3. The van der Waals surface area contributed by atoms with Crippen LogP contribution < -0.4 is 16.4 Å². The average molecular weight is 463 g/mol. The molecule has 3 aromatic rings. The fourth-order valence-corrected chi connectivity index (χ4v) is 4.65. The highest BCUT2D eigenvalue weighted by Gasteiger charge is 2.37. The number of nitrogens with zero attached hydrogens (tertiary/aromatic N) is 1. The maximum absolute atomic E-state index is 13.2. The van der Waals surface area contributed by atoms with Crippen LogP contribution in [0.1, 0.15) is 20.7 Å². The Morgan fingerprint density at radius 1 is 0.806 bits per heavy atom. The van der Waals surface area contributed by atoms with E-state index >= 15 is 0 Å². The number of nitrogen functional groups attached to an aromatic ring is 2. The molecule has 0 aliphatic carbocycles. The highest BCUT2D eigenvalue weighted by Crippen LogP contribution is 2.40. The number of amides is 2. The number of anilines is 3. The summed E-state index contributed by atoms with van der Waals surface area (Å²) in [5.74, 6) is -1.89. The van der Waals surface area contributed by atoms with Crippen LogP contribution in [0.2, 0.25) is 0 Å². The van der Waals surface area contributed by atoms with E-state index in [2.05, 4.69) is 0 Å². The van der Waals surface area contributed by atoms with Crippen molar-refractivity contribution in [2.45, 2.75) is 9.79 Å². The topological polar surface area (TPSA) is 198 Å².